The molecule has 9 nitrogen and oxygen atoms in total. The van der Waals surface area contributed by atoms with Crippen LogP contribution in [0.15, 0.2) is 23.2 Å². The molecule has 3 rings (SSSR count). The first-order valence-electron chi connectivity index (χ1n) is 13.7. The summed E-state index contributed by atoms with van der Waals surface area (Å²) in [7, 11) is 0.996. The molecular formula is C29H46BN3O6. The molecule has 1 N–H and O–H groups in total. The molecular weight excluding hydrogens is 497 g/mol. The molecule has 10 heteroatoms. The van der Waals surface area contributed by atoms with Gasteiger partial charge in [-0.25, -0.2) is 4.79 Å². The highest BCUT2D eigenvalue weighted by Crippen LogP contribution is 2.37. The minimum absolute atomic E-state index is 0.0357. The van der Waals surface area contributed by atoms with E-state index >= 15 is 0 Å². The van der Waals surface area contributed by atoms with Gasteiger partial charge in [-0.2, -0.15) is 0 Å². The molecule has 1 aromatic rings. The van der Waals surface area contributed by atoms with Gasteiger partial charge in [0.1, 0.15) is 5.60 Å². The van der Waals surface area contributed by atoms with Gasteiger partial charge in [-0.05, 0) is 76.9 Å². The molecule has 39 heavy (non-hydrogen) atoms. The summed E-state index contributed by atoms with van der Waals surface area (Å²) in [6, 6.07) is 5.60. The van der Waals surface area contributed by atoms with Gasteiger partial charge in [0.2, 0.25) is 0 Å². The van der Waals surface area contributed by atoms with Crippen LogP contribution in [0, 0.1) is 5.41 Å². The first-order valence-corrected chi connectivity index (χ1v) is 13.7. The summed E-state index contributed by atoms with van der Waals surface area (Å²) in [4.78, 5) is 32.0. The number of rotatable bonds is 3. The highest BCUT2D eigenvalue weighted by molar-refractivity contribution is 6.62. The monoisotopic (exact) mass is 543 g/mol. The normalized spacial score (nSPS) is 21.2. The molecule has 0 unspecified atom stereocenters. The minimum atomic E-state index is -0.624. The van der Waals surface area contributed by atoms with Gasteiger partial charge in [-0.3, -0.25) is 9.79 Å². The number of nitrogens with zero attached hydrogens (tertiary/aromatic N) is 2. The lowest BCUT2D eigenvalue weighted by atomic mass is 9.77. The molecule has 216 valence electrons. The number of aliphatic imine (C=N–C) groups is 1. The van der Waals surface area contributed by atoms with Gasteiger partial charge in [0, 0.05) is 20.1 Å². The largest absolute Gasteiger partial charge is 0.494 e. The molecule has 0 radical (unpaired) electrons. The van der Waals surface area contributed by atoms with Crippen LogP contribution in [0.3, 0.4) is 0 Å². The van der Waals surface area contributed by atoms with Gasteiger partial charge < -0.3 is 29.0 Å². The fraction of sp³-hybridized carbons (Fsp3) is 0.690. The zero-order valence-electron chi connectivity index (χ0n) is 25.6. The van der Waals surface area contributed by atoms with Crippen molar-refractivity contribution in [2.24, 2.45) is 10.4 Å². The number of ether oxygens (including phenoxy) is 2. The Balaban J connectivity index is 1.91. The van der Waals surface area contributed by atoms with Crippen LogP contribution in [0.2, 0.25) is 0 Å². The van der Waals surface area contributed by atoms with Crippen molar-refractivity contribution in [3.05, 3.63) is 29.3 Å². The van der Waals surface area contributed by atoms with E-state index in [0.29, 0.717) is 26.1 Å². The van der Waals surface area contributed by atoms with E-state index in [9.17, 15) is 9.59 Å². The summed E-state index contributed by atoms with van der Waals surface area (Å²) in [5, 5.41) is 3.09. The number of carbonyl (C=O) groups excluding carboxylic acids is 2. The summed E-state index contributed by atoms with van der Waals surface area (Å²) in [6.45, 7) is 20.8. The standard InChI is InChI=1S/C29H46BN3O6/c1-26(2,3)18-36-24(31-11)23(34)32-22-14-15-33(25(35)37-27(4,5)6)17-19-16-20(12-13-21(19)22)30-38-28(7,8)29(9,10)39-30/h12-13,16,22H,14-15,17-18H2,1-11H3,(H,32,34)/t22-/m1/s1. The molecule has 2 amide bonds. The van der Waals surface area contributed by atoms with E-state index in [2.05, 4.69) is 10.3 Å². The SMILES string of the molecule is CN=C(OCC(C)(C)C)C(=O)N[C@@H]1CCN(C(=O)OC(C)(C)C)Cc2cc(B3OC(C)(C)C(C)(C)O3)ccc21. The molecule has 0 bridgehead atoms. The van der Waals surface area contributed by atoms with Crippen molar-refractivity contribution in [2.75, 3.05) is 20.2 Å². The Morgan fingerprint density at radius 3 is 2.26 bits per heavy atom. The molecule has 0 spiro atoms. The van der Waals surface area contributed by atoms with Crippen molar-refractivity contribution in [1.29, 1.82) is 0 Å². The molecule has 0 aliphatic carbocycles. The lowest BCUT2D eigenvalue weighted by molar-refractivity contribution is -0.117. The third-order valence-corrected chi connectivity index (χ3v) is 7.11. The summed E-state index contributed by atoms with van der Waals surface area (Å²) in [5.41, 5.74) is 0.957. The Morgan fingerprint density at radius 1 is 1.10 bits per heavy atom. The smallest absolute Gasteiger partial charge is 0.473 e. The van der Waals surface area contributed by atoms with Gasteiger partial charge >= 0.3 is 19.1 Å². The average Bonchev–Trinajstić information content (AvgIpc) is 2.90. The highest BCUT2D eigenvalue weighted by Gasteiger charge is 2.51. The van der Waals surface area contributed by atoms with Crippen molar-refractivity contribution < 1.29 is 28.4 Å². The van der Waals surface area contributed by atoms with Crippen molar-refractivity contribution in [3.8, 4) is 0 Å². The van der Waals surface area contributed by atoms with E-state index < -0.39 is 35.9 Å². The maximum atomic E-state index is 13.2. The Morgan fingerprint density at radius 2 is 1.72 bits per heavy atom. The minimum Gasteiger partial charge on any atom is -0.473 e. The second-order valence-corrected chi connectivity index (χ2v) is 13.6. The van der Waals surface area contributed by atoms with Crippen LogP contribution in [0.4, 0.5) is 4.79 Å². The Hall–Kier alpha value is -2.59. The van der Waals surface area contributed by atoms with Crippen molar-refractivity contribution in [2.45, 2.75) is 105 Å². The predicted octanol–water partition coefficient (Wildman–Crippen LogP) is 4.37. The topological polar surface area (TPSA) is 98.7 Å². The summed E-state index contributed by atoms with van der Waals surface area (Å²) < 4.78 is 24.0. The first-order chi connectivity index (χ1) is 17.8. The number of fused-ring (bicyclic) bond motifs is 1. The number of amides is 2. The van der Waals surface area contributed by atoms with Gasteiger partial charge in [0.15, 0.2) is 0 Å². The van der Waals surface area contributed by atoms with Crippen LogP contribution < -0.4 is 10.8 Å². The van der Waals surface area contributed by atoms with Crippen molar-refractivity contribution in [1.82, 2.24) is 10.2 Å². The molecule has 0 saturated carbocycles. The van der Waals surface area contributed by atoms with Gasteiger partial charge in [-0.1, -0.05) is 39.0 Å². The fourth-order valence-electron chi connectivity index (χ4n) is 4.32. The highest BCUT2D eigenvalue weighted by atomic mass is 16.7. The molecule has 1 atom stereocenters. The zero-order valence-corrected chi connectivity index (χ0v) is 25.6. The first kappa shape index (κ1) is 30.9. The second-order valence-electron chi connectivity index (χ2n) is 13.6. The predicted molar refractivity (Wildman–Crippen MR) is 153 cm³/mol. The summed E-state index contributed by atoms with van der Waals surface area (Å²) >= 11 is 0. The Kier molecular flexibility index (Phi) is 8.83. The molecule has 0 aromatic heterocycles. The van der Waals surface area contributed by atoms with E-state index in [1.54, 1.807) is 11.9 Å². The lowest BCUT2D eigenvalue weighted by Gasteiger charge is -2.32. The van der Waals surface area contributed by atoms with E-state index in [4.69, 9.17) is 18.8 Å². The van der Waals surface area contributed by atoms with Crippen LogP contribution in [0.25, 0.3) is 0 Å². The number of hydrogen-bond acceptors (Lipinski definition) is 7. The number of hydrogen-bond donors (Lipinski definition) is 1. The van der Waals surface area contributed by atoms with E-state index in [0.717, 1.165) is 16.6 Å². The Bertz CT molecular complexity index is 1090. The van der Waals surface area contributed by atoms with E-state index in [-0.39, 0.29) is 17.4 Å². The lowest BCUT2D eigenvalue weighted by Crippen LogP contribution is -2.41. The van der Waals surface area contributed by atoms with Crippen LogP contribution in [0.5, 0.6) is 0 Å². The maximum Gasteiger partial charge on any atom is 0.494 e. The third-order valence-electron chi connectivity index (χ3n) is 7.11. The number of carbonyl (C=O) groups is 2. The molecule has 2 aliphatic rings. The van der Waals surface area contributed by atoms with Crippen molar-refractivity contribution >= 4 is 30.5 Å². The fourth-order valence-corrected chi connectivity index (χ4v) is 4.32. The second kappa shape index (κ2) is 11.1. The molecule has 1 saturated heterocycles. The Labute approximate surface area is 234 Å². The van der Waals surface area contributed by atoms with E-state index in [1.165, 1.54) is 0 Å². The molecule has 2 heterocycles. The maximum absolute atomic E-state index is 13.2. The molecule has 1 aromatic carbocycles. The van der Waals surface area contributed by atoms with Crippen LogP contribution in [-0.2, 0) is 30.1 Å². The van der Waals surface area contributed by atoms with Crippen LogP contribution in [0.1, 0.15) is 92.8 Å². The average molecular weight is 544 g/mol. The molecule has 2 aliphatic heterocycles. The summed E-state index contributed by atoms with van der Waals surface area (Å²) in [5.74, 6) is -0.355. The van der Waals surface area contributed by atoms with Gasteiger partial charge in [-0.15, -0.1) is 0 Å². The van der Waals surface area contributed by atoms with E-state index in [1.807, 2.05) is 87.4 Å². The number of benzene rings is 1. The molecule has 1 fully saturated rings. The van der Waals surface area contributed by atoms with Crippen molar-refractivity contribution in [3.63, 3.8) is 0 Å². The van der Waals surface area contributed by atoms with Crippen LogP contribution >= 0.6 is 0 Å². The van der Waals surface area contributed by atoms with Crippen LogP contribution in [-0.4, -0.2) is 66.9 Å². The quantitative estimate of drug-likeness (QED) is 0.345. The summed E-state index contributed by atoms with van der Waals surface area (Å²) in [6.07, 6.45) is 0.107. The zero-order chi connectivity index (χ0) is 29.4. The van der Waals surface area contributed by atoms with Gasteiger partial charge in [0.05, 0.1) is 23.9 Å². The van der Waals surface area contributed by atoms with Gasteiger partial charge in [0.25, 0.3) is 5.90 Å². The number of nitrogens with one attached hydrogen (secondary N) is 1. The third kappa shape index (κ3) is 7.75.